The van der Waals surface area contributed by atoms with Crippen LogP contribution >= 0.6 is 11.6 Å². The van der Waals surface area contributed by atoms with Crippen LogP contribution in [0.3, 0.4) is 0 Å². The minimum absolute atomic E-state index is 0.0669. The number of aromatic nitrogens is 2. The lowest BCUT2D eigenvalue weighted by molar-refractivity contribution is -0.142. The zero-order valence-corrected chi connectivity index (χ0v) is 18.8. The zero-order valence-electron chi connectivity index (χ0n) is 18.0. The average molecular weight is 473 g/mol. The predicted octanol–water partition coefficient (Wildman–Crippen LogP) is 2.82. The van der Waals surface area contributed by atoms with Crippen LogP contribution in [0.4, 0.5) is 13.2 Å². The highest BCUT2D eigenvalue weighted by Crippen LogP contribution is 2.35. The van der Waals surface area contributed by atoms with Crippen LogP contribution in [-0.4, -0.2) is 65.6 Å². The van der Waals surface area contributed by atoms with E-state index in [-0.39, 0.29) is 49.7 Å². The van der Waals surface area contributed by atoms with E-state index < -0.39 is 11.9 Å². The van der Waals surface area contributed by atoms with E-state index in [9.17, 15) is 22.8 Å². The Bertz CT molecular complexity index is 1020. The van der Waals surface area contributed by atoms with Crippen molar-refractivity contribution in [2.75, 3.05) is 34.3 Å². The Morgan fingerprint density at radius 3 is 2.59 bits per heavy atom. The van der Waals surface area contributed by atoms with Crippen LogP contribution < -0.4 is 4.74 Å². The van der Waals surface area contributed by atoms with E-state index in [1.807, 2.05) is 0 Å². The molecule has 0 N–H and O–H groups in total. The average Bonchev–Trinajstić information content (AvgIpc) is 3.06. The van der Waals surface area contributed by atoms with Gasteiger partial charge in [-0.2, -0.15) is 18.3 Å². The molecule has 0 aliphatic carbocycles. The lowest BCUT2D eigenvalue weighted by Gasteiger charge is -2.28. The monoisotopic (exact) mass is 472 g/mol. The summed E-state index contributed by atoms with van der Waals surface area (Å²) in [6.07, 6.45) is -4.60. The lowest BCUT2D eigenvalue weighted by Crippen LogP contribution is -2.40. The van der Waals surface area contributed by atoms with E-state index in [1.54, 1.807) is 37.2 Å². The van der Waals surface area contributed by atoms with E-state index >= 15 is 0 Å². The number of nitrogens with zero attached hydrogens (tertiary/aromatic N) is 4. The van der Waals surface area contributed by atoms with Crippen LogP contribution in [0.5, 0.6) is 5.75 Å². The summed E-state index contributed by atoms with van der Waals surface area (Å²) < 4.78 is 47.0. The number of alkyl halides is 3. The maximum atomic E-state index is 13.6. The first-order valence-electron chi connectivity index (χ1n) is 9.92. The maximum absolute atomic E-state index is 13.6. The third kappa shape index (κ3) is 5.42. The molecule has 0 atom stereocenters. The molecule has 3 rings (SSSR count). The van der Waals surface area contributed by atoms with Gasteiger partial charge in [-0.15, -0.1) is 0 Å². The van der Waals surface area contributed by atoms with Crippen molar-refractivity contribution in [3.63, 3.8) is 0 Å². The number of ether oxygens (including phenoxy) is 1. The number of carbonyl (C=O) groups is 2. The summed E-state index contributed by atoms with van der Waals surface area (Å²) in [5, 5.41) is 4.17. The number of benzene rings is 1. The predicted molar refractivity (Wildman–Crippen MR) is 112 cm³/mol. The fourth-order valence-electron chi connectivity index (χ4n) is 3.68. The molecular weight excluding hydrogens is 449 g/mol. The molecule has 2 aromatic rings. The standard InChI is InChI=1S/C21H24ClF3N4O3/c1-27(2)19(31)12-28-7-6-16-17(11-28)29(26-20(16)21(23,24)25)10-15(30)9-13-8-14(22)4-5-18(13)32-3/h4-5,8H,6-7,9-12H2,1-3H3. The van der Waals surface area contributed by atoms with E-state index in [0.717, 1.165) is 4.68 Å². The van der Waals surface area contributed by atoms with Gasteiger partial charge in [0.1, 0.15) is 12.3 Å². The molecule has 7 nitrogen and oxygen atoms in total. The molecule has 0 radical (unpaired) electrons. The summed E-state index contributed by atoms with van der Waals surface area (Å²) in [6.45, 7) is 0.150. The largest absolute Gasteiger partial charge is 0.496 e. The molecule has 0 spiro atoms. The van der Waals surface area contributed by atoms with Gasteiger partial charge in [0.25, 0.3) is 0 Å². The third-order valence-electron chi connectivity index (χ3n) is 5.30. The molecule has 1 aromatic carbocycles. The number of hydrogen-bond acceptors (Lipinski definition) is 5. The number of amides is 1. The third-order valence-corrected chi connectivity index (χ3v) is 5.54. The van der Waals surface area contributed by atoms with Gasteiger partial charge in [-0.25, -0.2) is 0 Å². The van der Waals surface area contributed by atoms with Crippen LogP contribution in [0.1, 0.15) is 22.5 Å². The number of methoxy groups -OCH3 is 1. The van der Waals surface area contributed by atoms with Crippen molar-refractivity contribution in [1.82, 2.24) is 19.6 Å². The molecule has 0 unspecified atom stereocenters. The molecule has 0 fully saturated rings. The molecular formula is C21H24ClF3N4O3. The number of Topliss-reactive ketones (excluding diaryl/α,β-unsaturated/α-hetero) is 1. The second-order valence-electron chi connectivity index (χ2n) is 7.85. The number of likely N-dealkylation sites (N-methyl/N-ethyl adjacent to an activating group) is 1. The number of carbonyl (C=O) groups excluding carboxylic acids is 2. The van der Waals surface area contributed by atoms with E-state index in [4.69, 9.17) is 16.3 Å². The van der Waals surface area contributed by atoms with E-state index in [1.165, 1.54) is 12.0 Å². The molecule has 174 valence electrons. The molecule has 0 bridgehead atoms. The van der Waals surface area contributed by atoms with Crippen LogP contribution in [-0.2, 0) is 41.7 Å². The first-order chi connectivity index (χ1) is 15.0. The van der Waals surface area contributed by atoms with Crippen molar-refractivity contribution in [2.45, 2.75) is 32.1 Å². The number of ketones is 1. The smallest absolute Gasteiger partial charge is 0.435 e. The molecule has 0 saturated carbocycles. The summed E-state index contributed by atoms with van der Waals surface area (Å²) in [7, 11) is 4.69. The molecule has 11 heteroatoms. The Labute approximate surface area is 188 Å². The van der Waals surface area contributed by atoms with Crippen molar-refractivity contribution in [2.24, 2.45) is 0 Å². The maximum Gasteiger partial charge on any atom is 0.435 e. The fraction of sp³-hybridized carbons (Fsp3) is 0.476. The van der Waals surface area contributed by atoms with Crippen molar-refractivity contribution >= 4 is 23.3 Å². The van der Waals surface area contributed by atoms with Gasteiger partial charge in [-0.05, 0) is 24.6 Å². The molecule has 1 aliphatic heterocycles. The first kappa shape index (κ1) is 24.1. The summed E-state index contributed by atoms with van der Waals surface area (Å²) in [5.74, 6) is -0.0274. The van der Waals surface area contributed by atoms with Crippen molar-refractivity contribution in [3.8, 4) is 5.75 Å². The Kier molecular flexibility index (Phi) is 7.14. The van der Waals surface area contributed by atoms with Gasteiger partial charge in [-0.1, -0.05) is 11.6 Å². The summed E-state index contributed by atoms with van der Waals surface area (Å²) in [4.78, 5) is 28.0. The van der Waals surface area contributed by atoms with Gasteiger partial charge < -0.3 is 9.64 Å². The normalized spacial score (nSPS) is 14.2. The second-order valence-corrected chi connectivity index (χ2v) is 8.29. The highest BCUT2D eigenvalue weighted by Gasteiger charge is 2.40. The lowest BCUT2D eigenvalue weighted by atomic mass is 10.0. The van der Waals surface area contributed by atoms with Crippen molar-refractivity contribution in [3.05, 3.63) is 45.7 Å². The van der Waals surface area contributed by atoms with E-state index in [0.29, 0.717) is 28.6 Å². The molecule has 2 heterocycles. The zero-order chi connectivity index (χ0) is 23.6. The number of hydrogen-bond donors (Lipinski definition) is 0. The van der Waals surface area contributed by atoms with Crippen molar-refractivity contribution in [1.29, 1.82) is 0 Å². The van der Waals surface area contributed by atoms with Gasteiger partial charge in [0.15, 0.2) is 11.5 Å². The highest BCUT2D eigenvalue weighted by molar-refractivity contribution is 6.30. The van der Waals surface area contributed by atoms with E-state index in [2.05, 4.69) is 5.10 Å². The summed E-state index contributed by atoms with van der Waals surface area (Å²) in [5.41, 5.74) is -0.0415. The quantitative estimate of drug-likeness (QED) is 0.620. The van der Waals surface area contributed by atoms with Gasteiger partial charge in [0.05, 0.1) is 19.3 Å². The summed E-state index contributed by atoms with van der Waals surface area (Å²) >= 11 is 6.00. The first-order valence-corrected chi connectivity index (χ1v) is 10.3. The van der Waals surface area contributed by atoms with Gasteiger partial charge in [-0.3, -0.25) is 19.2 Å². The minimum Gasteiger partial charge on any atom is -0.496 e. The number of rotatable bonds is 7. The summed E-state index contributed by atoms with van der Waals surface area (Å²) in [6, 6.07) is 4.84. The number of halogens is 4. The molecule has 0 saturated heterocycles. The Hall–Kier alpha value is -2.59. The fourth-order valence-corrected chi connectivity index (χ4v) is 3.88. The van der Waals surface area contributed by atoms with Crippen LogP contribution in [0, 0.1) is 0 Å². The SMILES string of the molecule is COc1ccc(Cl)cc1CC(=O)Cn1nc(C(F)(F)F)c2c1CN(CC(=O)N(C)C)CC2. The molecule has 1 aliphatic rings. The van der Waals surface area contributed by atoms with Gasteiger partial charge >= 0.3 is 6.18 Å². The molecule has 1 aromatic heterocycles. The van der Waals surface area contributed by atoms with Crippen molar-refractivity contribution < 1.29 is 27.5 Å². The highest BCUT2D eigenvalue weighted by atomic mass is 35.5. The second kappa shape index (κ2) is 9.50. The molecule has 1 amide bonds. The molecule has 32 heavy (non-hydrogen) atoms. The Balaban J connectivity index is 1.85. The Morgan fingerprint density at radius 1 is 1.25 bits per heavy atom. The van der Waals surface area contributed by atoms with Crippen LogP contribution in [0.15, 0.2) is 18.2 Å². The topological polar surface area (TPSA) is 67.7 Å². The number of fused-ring (bicyclic) bond motifs is 1. The van der Waals surface area contributed by atoms with Gasteiger partial charge in [0, 0.05) is 49.8 Å². The Morgan fingerprint density at radius 2 is 1.97 bits per heavy atom. The van der Waals surface area contributed by atoms with Crippen LogP contribution in [0.2, 0.25) is 5.02 Å². The minimum atomic E-state index is -4.63. The van der Waals surface area contributed by atoms with Crippen LogP contribution in [0.25, 0.3) is 0 Å². The van der Waals surface area contributed by atoms with Gasteiger partial charge in [0.2, 0.25) is 5.91 Å².